The van der Waals surface area contributed by atoms with Gasteiger partial charge in [-0.05, 0) is 44.1 Å². The number of hydrogen-bond acceptors (Lipinski definition) is 4. The fourth-order valence-electron chi connectivity index (χ4n) is 3.44. The Labute approximate surface area is 151 Å². The Bertz CT molecular complexity index is 574. The van der Waals surface area contributed by atoms with Crippen LogP contribution in [0.1, 0.15) is 46.4 Å². The van der Waals surface area contributed by atoms with Crippen molar-refractivity contribution in [2.24, 2.45) is 0 Å². The molecule has 0 saturated carbocycles. The average Bonchev–Trinajstić information content (AvgIpc) is 3.15. The van der Waals surface area contributed by atoms with Crippen molar-refractivity contribution in [3.8, 4) is 0 Å². The molecule has 0 aliphatic carbocycles. The van der Waals surface area contributed by atoms with Crippen molar-refractivity contribution >= 4 is 20.3 Å². The summed E-state index contributed by atoms with van der Waals surface area (Å²) < 4.78 is 11.9. The van der Waals surface area contributed by atoms with E-state index < -0.39 is 20.5 Å². The summed E-state index contributed by atoms with van der Waals surface area (Å²) in [5.74, 6) is 0.363. The van der Waals surface area contributed by atoms with Crippen LogP contribution < -0.4 is 0 Å². The van der Waals surface area contributed by atoms with Crippen LogP contribution in [0.3, 0.4) is 0 Å². The molecule has 1 aliphatic rings. The van der Waals surface area contributed by atoms with Gasteiger partial charge < -0.3 is 13.7 Å². The zero-order chi connectivity index (χ0) is 18.6. The Kier molecular flexibility index (Phi) is 6.45. The lowest BCUT2D eigenvalue weighted by molar-refractivity contribution is -0.160. The first-order valence-electron chi connectivity index (χ1n) is 9.31. The number of imide groups is 1. The number of nitrogens with zero attached hydrogens (tertiary/aromatic N) is 2. The van der Waals surface area contributed by atoms with Gasteiger partial charge in [0.25, 0.3) is 5.91 Å². The minimum Gasteiger partial charge on any atom is -0.467 e. The predicted molar refractivity (Wildman–Crippen MR) is 98.7 cm³/mol. The maximum absolute atomic E-state index is 12.8. The van der Waals surface area contributed by atoms with Crippen LogP contribution in [0.25, 0.3) is 0 Å². The van der Waals surface area contributed by atoms with Crippen LogP contribution in [0, 0.1) is 0 Å². The van der Waals surface area contributed by atoms with E-state index in [9.17, 15) is 9.59 Å². The molecule has 1 aromatic heterocycles. The largest absolute Gasteiger partial charge is 0.467 e. The summed E-state index contributed by atoms with van der Waals surface area (Å²) in [4.78, 5) is 28.5. The quantitative estimate of drug-likeness (QED) is 0.515. The van der Waals surface area contributed by atoms with Crippen LogP contribution >= 0.6 is 0 Å². The van der Waals surface area contributed by atoms with E-state index in [1.54, 1.807) is 17.2 Å². The summed E-state index contributed by atoms with van der Waals surface area (Å²) in [6.07, 6.45) is 0.955. The zero-order valence-electron chi connectivity index (χ0n) is 15.9. The lowest BCUT2D eigenvalue weighted by Crippen LogP contribution is -2.66. The molecule has 25 heavy (non-hydrogen) atoms. The van der Waals surface area contributed by atoms with Gasteiger partial charge in [0.1, 0.15) is 11.8 Å². The van der Waals surface area contributed by atoms with Crippen LogP contribution in [-0.2, 0) is 9.22 Å². The molecular formula is C18H30N2O4Si. The van der Waals surface area contributed by atoms with E-state index in [0.29, 0.717) is 18.8 Å². The second kappa shape index (κ2) is 8.18. The zero-order valence-corrected chi connectivity index (χ0v) is 16.9. The topological polar surface area (TPSA) is 63.0 Å². The summed E-state index contributed by atoms with van der Waals surface area (Å²) in [5.41, 5.74) is 0. The third-order valence-electron chi connectivity index (χ3n) is 5.43. The number of likely N-dealkylation sites (tertiary alicyclic amines) is 1. The van der Waals surface area contributed by atoms with Gasteiger partial charge in [-0.2, -0.15) is 0 Å². The number of furan rings is 1. The Morgan fingerprint density at radius 2 is 1.80 bits per heavy atom. The maximum atomic E-state index is 12.8. The fraction of sp³-hybridized carbons (Fsp3) is 0.667. The van der Waals surface area contributed by atoms with E-state index >= 15 is 0 Å². The monoisotopic (exact) mass is 366 g/mol. The summed E-state index contributed by atoms with van der Waals surface area (Å²) >= 11 is 0. The average molecular weight is 367 g/mol. The molecule has 3 amide bonds. The van der Waals surface area contributed by atoms with Crippen molar-refractivity contribution in [3.05, 3.63) is 24.2 Å². The molecule has 2 unspecified atom stereocenters. The van der Waals surface area contributed by atoms with Gasteiger partial charge in [-0.25, -0.2) is 9.69 Å². The van der Waals surface area contributed by atoms with Gasteiger partial charge in [-0.1, -0.05) is 20.8 Å². The molecule has 2 atom stereocenters. The van der Waals surface area contributed by atoms with E-state index in [4.69, 9.17) is 8.84 Å². The molecule has 0 bridgehead atoms. The molecule has 1 fully saturated rings. The lowest BCUT2D eigenvalue weighted by atomic mass is 9.96. The van der Waals surface area contributed by atoms with Crippen molar-refractivity contribution in [1.29, 1.82) is 0 Å². The van der Waals surface area contributed by atoms with Crippen LogP contribution in [0.4, 0.5) is 4.79 Å². The number of hydrogen-bond donors (Lipinski definition) is 0. The number of β-lactam (4-membered cyclic amide) rings is 1. The molecule has 2 heterocycles. The molecular weight excluding hydrogens is 336 g/mol. The molecule has 1 saturated heterocycles. The third kappa shape index (κ3) is 3.53. The van der Waals surface area contributed by atoms with Crippen LogP contribution in [0.15, 0.2) is 22.8 Å². The predicted octanol–water partition coefficient (Wildman–Crippen LogP) is 4.02. The standard InChI is InChI=1S/C18H30N2O4Si/c1-6-19(7-2)18(22)20-15(14-12-11-13-23-14)16(17(20)21)24-25(8-3,9-4)10-5/h11-13,15-16H,6-10H2,1-5H3. The summed E-state index contributed by atoms with van der Waals surface area (Å²) in [6.45, 7) is 11.3. The first-order chi connectivity index (χ1) is 12.0. The van der Waals surface area contributed by atoms with Crippen molar-refractivity contribution in [3.63, 3.8) is 0 Å². The Hall–Kier alpha value is -1.60. The minimum absolute atomic E-state index is 0.245. The Balaban J connectivity index is 2.30. The molecule has 6 nitrogen and oxygen atoms in total. The second-order valence-corrected chi connectivity index (χ2v) is 11.1. The SMILES string of the molecule is CCN(CC)C(=O)N1C(=O)C(O[Si](CC)(CC)CC)C1c1ccco1. The van der Waals surface area contributed by atoms with Gasteiger partial charge in [0.05, 0.1) is 6.26 Å². The molecule has 0 spiro atoms. The molecule has 0 N–H and O–H groups in total. The van der Waals surface area contributed by atoms with E-state index in [0.717, 1.165) is 18.1 Å². The Morgan fingerprint density at radius 3 is 2.24 bits per heavy atom. The van der Waals surface area contributed by atoms with Crippen molar-refractivity contribution < 1.29 is 18.4 Å². The van der Waals surface area contributed by atoms with Crippen molar-refractivity contribution in [2.45, 2.75) is 64.9 Å². The molecule has 0 radical (unpaired) electrons. The highest BCUT2D eigenvalue weighted by Crippen LogP contribution is 2.41. The van der Waals surface area contributed by atoms with Gasteiger partial charge in [0, 0.05) is 13.1 Å². The summed E-state index contributed by atoms with van der Waals surface area (Å²) in [6, 6.07) is 5.72. The minimum atomic E-state index is -1.97. The van der Waals surface area contributed by atoms with Gasteiger partial charge in [0.15, 0.2) is 14.4 Å². The van der Waals surface area contributed by atoms with Gasteiger partial charge in [-0.15, -0.1) is 0 Å². The molecule has 1 aromatic rings. The van der Waals surface area contributed by atoms with Crippen LogP contribution in [-0.4, -0.2) is 49.2 Å². The number of rotatable bonds is 8. The first-order valence-corrected chi connectivity index (χ1v) is 11.8. The van der Waals surface area contributed by atoms with Crippen molar-refractivity contribution in [2.75, 3.05) is 13.1 Å². The Morgan fingerprint density at radius 1 is 1.20 bits per heavy atom. The van der Waals surface area contributed by atoms with Gasteiger partial charge in [-0.3, -0.25) is 4.79 Å². The van der Waals surface area contributed by atoms with Crippen LogP contribution in [0.5, 0.6) is 0 Å². The fourth-order valence-corrected chi connectivity index (χ4v) is 6.21. The molecule has 140 valence electrons. The van der Waals surface area contributed by atoms with E-state index in [-0.39, 0.29) is 11.9 Å². The number of carbonyl (C=O) groups excluding carboxylic acids is 2. The van der Waals surface area contributed by atoms with Crippen LogP contribution in [0.2, 0.25) is 18.1 Å². The maximum Gasteiger partial charge on any atom is 0.327 e. The highest BCUT2D eigenvalue weighted by Gasteiger charge is 2.56. The number of carbonyl (C=O) groups is 2. The van der Waals surface area contributed by atoms with Crippen molar-refractivity contribution in [1.82, 2.24) is 9.80 Å². The smallest absolute Gasteiger partial charge is 0.327 e. The summed E-state index contributed by atoms with van der Waals surface area (Å²) in [5, 5.41) is 0. The molecule has 7 heteroatoms. The second-order valence-electron chi connectivity index (χ2n) is 6.41. The number of amides is 3. The molecule has 2 rings (SSSR count). The first kappa shape index (κ1) is 19.7. The highest BCUT2D eigenvalue weighted by molar-refractivity contribution is 6.73. The van der Waals surface area contributed by atoms with Gasteiger partial charge in [0.2, 0.25) is 0 Å². The van der Waals surface area contributed by atoms with E-state index in [2.05, 4.69) is 20.8 Å². The number of urea groups is 1. The highest BCUT2D eigenvalue weighted by atomic mass is 28.4. The lowest BCUT2D eigenvalue weighted by Gasteiger charge is -2.48. The third-order valence-corrected chi connectivity index (χ3v) is 10.1. The normalized spacial score (nSPS) is 20.5. The summed E-state index contributed by atoms with van der Waals surface area (Å²) in [7, 11) is -1.97. The van der Waals surface area contributed by atoms with E-state index in [1.807, 2.05) is 19.9 Å². The molecule has 1 aliphatic heterocycles. The molecule has 0 aromatic carbocycles. The van der Waals surface area contributed by atoms with Gasteiger partial charge >= 0.3 is 6.03 Å². The van der Waals surface area contributed by atoms with E-state index in [1.165, 1.54) is 4.90 Å².